The minimum atomic E-state index is -0.730. The van der Waals surface area contributed by atoms with Crippen LogP contribution in [0.25, 0.3) is 22.2 Å². The first-order valence-electron chi connectivity index (χ1n) is 14.0. The van der Waals surface area contributed by atoms with Gasteiger partial charge in [0, 0.05) is 36.2 Å². The summed E-state index contributed by atoms with van der Waals surface area (Å²) >= 11 is 25.7. The largest absolute Gasteiger partial charge is 0.454 e. The smallest absolute Gasteiger partial charge is 0.339 e. The zero-order chi connectivity index (χ0) is 32.2. The minimum Gasteiger partial charge on any atom is -0.454 e. The fourth-order valence-electron chi connectivity index (χ4n) is 5.85. The predicted molar refractivity (Wildman–Crippen MR) is 182 cm³/mol. The number of ketones is 1. The summed E-state index contributed by atoms with van der Waals surface area (Å²) in [7, 11) is 0. The van der Waals surface area contributed by atoms with E-state index in [0.29, 0.717) is 56.3 Å². The average molecular weight is 794 g/mol. The van der Waals surface area contributed by atoms with Crippen LogP contribution in [0.5, 0.6) is 0 Å². The van der Waals surface area contributed by atoms with E-state index in [1.54, 1.807) is 49.4 Å². The Morgan fingerprint density at radius 1 is 0.867 bits per heavy atom. The molecule has 230 valence electrons. The van der Waals surface area contributed by atoms with Crippen molar-refractivity contribution >= 4 is 107 Å². The highest BCUT2D eigenvalue weighted by Gasteiger charge is 2.52. The highest BCUT2D eigenvalue weighted by molar-refractivity contribution is 9.12. The number of aryl methyl sites for hydroxylation is 1. The zero-order valence-electron chi connectivity index (χ0n) is 23.5. The number of imide groups is 1. The lowest BCUT2D eigenvalue weighted by atomic mass is 9.81. The summed E-state index contributed by atoms with van der Waals surface area (Å²) in [6.45, 7) is 1.26. The molecular formula is C33H23Br2Cl3N2O5. The number of aromatic nitrogens is 1. The first-order chi connectivity index (χ1) is 21.4. The molecule has 4 atom stereocenters. The highest BCUT2D eigenvalue weighted by atomic mass is 79.9. The van der Waals surface area contributed by atoms with Crippen LogP contribution in [-0.2, 0) is 14.3 Å². The second-order valence-electron chi connectivity index (χ2n) is 11.0. The molecule has 1 aliphatic heterocycles. The molecule has 2 amide bonds. The third-order valence-corrected chi connectivity index (χ3v) is 12.0. The van der Waals surface area contributed by atoms with Crippen LogP contribution in [0, 0.1) is 18.8 Å². The van der Waals surface area contributed by atoms with E-state index in [1.165, 1.54) is 23.1 Å². The number of anilines is 1. The van der Waals surface area contributed by atoms with Crippen LogP contribution in [0.1, 0.15) is 39.1 Å². The Morgan fingerprint density at radius 2 is 1.51 bits per heavy atom. The number of carbonyl (C=O) groups is 4. The molecular weight excluding hydrogens is 771 g/mol. The van der Waals surface area contributed by atoms with Gasteiger partial charge in [0.25, 0.3) is 0 Å². The van der Waals surface area contributed by atoms with Gasteiger partial charge in [0.1, 0.15) is 0 Å². The van der Waals surface area contributed by atoms with Gasteiger partial charge in [-0.3, -0.25) is 19.3 Å². The number of esters is 1. The molecule has 3 aromatic carbocycles. The van der Waals surface area contributed by atoms with E-state index in [2.05, 4.69) is 31.9 Å². The van der Waals surface area contributed by atoms with Crippen LogP contribution in [0.4, 0.5) is 5.69 Å². The molecule has 1 saturated heterocycles. The fourth-order valence-corrected chi connectivity index (χ4v) is 7.76. The SMILES string of the molecule is Cc1c(Cl)ccc2c(C(=O)OCC(=O)c3ccc(Cl)cc3Cl)cc(-c3ccc(N4C(=O)C5CC(Br)C(Br)CC5C4=O)cc3)nc12. The molecule has 2 heterocycles. The van der Waals surface area contributed by atoms with E-state index < -0.39 is 18.4 Å². The van der Waals surface area contributed by atoms with Gasteiger partial charge < -0.3 is 4.74 Å². The number of rotatable bonds is 6. The number of fused-ring (bicyclic) bond motifs is 2. The number of pyridine rings is 1. The van der Waals surface area contributed by atoms with Crippen LogP contribution in [-0.4, -0.2) is 44.8 Å². The molecule has 6 rings (SSSR count). The van der Waals surface area contributed by atoms with Crippen molar-refractivity contribution in [3.8, 4) is 11.3 Å². The Hall–Kier alpha value is -2.82. The molecule has 45 heavy (non-hydrogen) atoms. The molecule has 0 spiro atoms. The van der Waals surface area contributed by atoms with Gasteiger partial charge >= 0.3 is 5.97 Å². The Morgan fingerprint density at radius 3 is 2.13 bits per heavy atom. The summed E-state index contributed by atoms with van der Waals surface area (Å²) in [6.07, 6.45) is 1.17. The van der Waals surface area contributed by atoms with E-state index >= 15 is 0 Å². The summed E-state index contributed by atoms with van der Waals surface area (Å²) in [5.74, 6) is -2.33. The molecule has 4 unspecified atom stereocenters. The molecule has 1 aromatic heterocycles. The standard InChI is InChI=1S/C33H23Br2Cl3N2O5/c1-15-26(37)9-8-19-23(33(44)45-14-29(41)20-7-4-17(36)10-27(20)38)13-28(39-30(15)19)16-2-5-18(6-3-16)40-31(42)21-11-24(34)25(35)12-22(21)32(40)43/h2-10,13,21-22,24-25H,11-12,14H2,1H3. The zero-order valence-corrected chi connectivity index (χ0v) is 29.0. The average Bonchev–Trinajstić information content (AvgIpc) is 3.25. The summed E-state index contributed by atoms with van der Waals surface area (Å²) in [5, 5.41) is 1.51. The maximum Gasteiger partial charge on any atom is 0.339 e. The summed E-state index contributed by atoms with van der Waals surface area (Å²) in [4.78, 5) is 59.0. The molecule has 2 fully saturated rings. The monoisotopic (exact) mass is 790 g/mol. The molecule has 7 nitrogen and oxygen atoms in total. The van der Waals surface area contributed by atoms with Crippen molar-refractivity contribution in [1.82, 2.24) is 4.98 Å². The Labute approximate surface area is 290 Å². The fraction of sp³-hybridized carbons (Fsp3) is 0.242. The lowest BCUT2D eigenvalue weighted by Gasteiger charge is -2.29. The topological polar surface area (TPSA) is 93.6 Å². The number of carbonyl (C=O) groups excluding carboxylic acids is 4. The van der Waals surface area contributed by atoms with Crippen LogP contribution in [0.15, 0.2) is 60.7 Å². The van der Waals surface area contributed by atoms with E-state index in [9.17, 15) is 19.2 Å². The number of alkyl halides is 2. The molecule has 1 saturated carbocycles. The highest BCUT2D eigenvalue weighted by Crippen LogP contribution is 2.44. The first kappa shape index (κ1) is 32.1. The molecule has 0 N–H and O–H groups in total. The van der Waals surface area contributed by atoms with E-state index in [1.807, 2.05) is 0 Å². The molecule has 0 bridgehead atoms. The van der Waals surface area contributed by atoms with Gasteiger partial charge in [-0.1, -0.05) is 84.9 Å². The number of nitrogens with zero attached hydrogens (tertiary/aromatic N) is 2. The van der Waals surface area contributed by atoms with Gasteiger partial charge in [0.15, 0.2) is 6.61 Å². The third-order valence-electron chi connectivity index (χ3n) is 8.29. The van der Waals surface area contributed by atoms with E-state index in [-0.39, 0.29) is 49.5 Å². The van der Waals surface area contributed by atoms with Gasteiger partial charge in [-0.25, -0.2) is 9.78 Å². The lowest BCUT2D eigenvalue weighted by Crippen LogP contribution is -2.34. The number of benzene rings is 3. The molecule has 1 aliphatic carbocycles. The van der Waals surface area contributed by atoms with Gasteiger partial charge in [0.2, 0.25) is 17.6 Å². The van der Waals surface area contributed by atoms with E-state index in [4.69, 9.17) is 44.5 Å². The van der Waals surface area contributed by atoms with Gasteiger partial charge in [-0.15, -0.1) is 0 Å². The summed E-state index contributed by atoms with van der Waals surface area (Å²) < 4.78 is 5.44. The van der Waals surface area contributed by atoms with E-state index in [0.717, 1.165) is 0 Å². The normalized spacial score (nSPS) is 21.2. The van der Waals surface area contributed by atoms with Gasteiger partial charge in [-0.2, -0.15) is 0 Å². The lowest BCUT2D eigenvalue weighted by molar-refractivity contribution is -0.122. The summed E-state index contributed by atoms with van der Waals surface area (Å²) in [6, 6.07) is 16.3. The second-order valence-corrected chi connectivity index (χ2v) is 14.6. The van der Waals surface area contributed by atoms with Crippen molar-refractivity contribution in [3.05, 3.63) is 92.4 Å². The van der Waals surface area contributed by atoms with Crippen molar-refractivity contribution in [2.75, 3.05) is 11.5 Å². The number of halogens is 5. The Bertz CT molecular complexity index is 1870. The molecule has 4 aromatic rings. The summed E-state index contributed by atoms with van der Waals surface area (Å²) in [5.41, 5.74) is 3.08. The number of hydrogen-bond donors (Lipinski definition) is 0. The maximum atomic E-state index is 13.4. The van der Waals surface area contributed by atoms with Crippen molar-refractivity contribution in [2.24, 2.45) is 11.8 Å². The number of ether oxygens (including phenoxy) is 1. The first-order valence-corrected chi connectivity index (χ1v) is 16.9. The van der Waals surface area contributed by atoms with Crippen molar-refractivity contribution < 1.29 is 23.9 Å². The minimum absolute atomic E-state index is 0.114. The van der Waals surface area contributed by atoms with Crippen LogP contribution >= 0.6 is 66.7 Å². The van der Waals surface area contributed by atoms with Crippen molar-refractivity contribution in [3.63, 3.8) is 0 Å². The Balaban J connectivity index is 1.30. The van der Waals surface area contributed by atoms with Crippen LogP contribution < -0.4 is 4.90 Å². The van der Waals surface area contributed by atoms with Crippen molar-refractivity contribution in [2.45, 2.75) is 29.4 Å². The molecule has 2 aliphatic rings. The van der Waals surface area contributed by atoms with Gasteiger partial charge in [0.05, 0.1) is 39.3 Å². The number of hydrogen-bond acceptors (Lipinski definition) is 6. The number of amides is 2. The second kappa shape index (κ2) is 12.8. The van der Waals surface area contributed by atoms with Crippen molar-refractivity contribution in [1.29, 1.82) is 0 Å². The molecule has 12 heteroatoms. The van der Waals surface area contributed by atoms with Gasteiger partial charge in [-0.05, 0) is 67.8 Å². The van der Waals surface area contributed by atoms with Crippen LogP contribution in [0.2, 0.25) is 15.1 Å². The van der Waals surface area contributed by atoms with Crippen LogP contribution in [0.3, 0.4) is 0 Å². The molecule has 0 radical (unpaired) electrons. The Kier molecular flexibility index (Phi) is 9.11. The predicted octanol–water partition coefficient (Wildman–Crippen LogP) is 8.64. The maximum absolute atomic E-state index is 13.4. The third kappa shape index (κ3) is 6.05. The quantitative estimate of drug-likeness (QED) is 0.0841. The number of Topliss-reactive ketones (excluding diaryl/α,β-unsaturated/α-hetero) is 1.